The summed E-state index contributed by atoms with van der Waals surface area (Å²) in [6.07, 6.45) is 0. The molecule has 0 saturated carbocycles. The molecule has 6 heteroatoms. The van der Waals surface area contributed by atoms with E-state index < -0.39 is 11.6 Å². The van der Waals surface area contributed by atoms with Crippen LogP contribution in [0.4, 0.5) is 0 Å². The molecule has 0 aliphatic heterocycles. The van der Waals surface area contributed by atoms with Gasteiger partial charge in [-0.2, -0.15) is 4.89 Å². The second-order valence-corrected chi connectivity index (χ2v) is 5.93. The number of carbonyl (C=O) groups excluding carboxylic acids is 1. The molecular formula is C13H17IO5. The van der Waals surface area contributed by atoms with E-state index in [-0.39, 0.29) is 6.79 Å². The number of hydrogen-bond acceptors (Lipinski definition) is 5. The third-order valence-electron chi connectivity index (χ3n) is 1.94. The van der Waals surface area contributed by atoms with Crippen molar-refractivity contribution in [1.29, 1.82) is 0 Å². The highest BCUT2D eigenvalue weighted by Gasteiger charge is 2.21. The Hall–Kier alpha value is -0.860. The van der Waals surface area contributed by atoms with Gasteiger partial charge in [-0.3, -0.25) is 0 Å². The zero-order valence-corrected chi connectivity index (χ0v) is 13.5. The van der Waals surface area contributed by atoms with Gasteiger partial charge >= 0.3 is 5.97 Å². The summed E-state index contributed by atoms with van der Waals surface area (Å²) in [6.45, 7) is 5.33. The van der Waals surface area contributed by atoms with Gasteiger partial charge in [-0.1, -0.05) is 0 Å². The first-order valence-electron chi connectivity index (χ1n) is 5.65. The molecule has 0 spiro atoms. The van der Waals surface area contributed by atoms with Crippen LogP contribution in [0.1, 0.15) is 31.1 Å². The lowest BCUT2D eigenvalue weighted by Gasteiger charge is -2.20. The molecule has 0 aromatic heterocycles. The van der Waals surface area contributed by atoms with Crippen molar-refractivity contribution >= 4 is 28.6 Å². The second-order valence-electron chi connectivity index (χ2n) is 4.69. The fourth-order valence-corrected chi connectivity index (χ4v) is 1.72. The van der Waals surface area contributed by atoms with E-state index in [0.29, 0.717) is 11.3 Å². The minimum absolute atomic E-state index is 0.105. The number of hydrogen-bond donors (Lipinski definition) is 0. The van der Waals surface area contributed by atoms with Crippen LogP contribution in [-0.2, 0) is 14.5 Å². The average molecular weight is 380 g/mol. The van der Waals surface area contributed by atoms with Crippen LogP contribution < -0.4 is 4.74 Å². The van der Waals surface area contributed by atoms with Crippen LogP contribution in [-0.4, -0.2) is 25.5 Å². The molecule has 1 aromatic rings. The van der Waals surface area contributed by atoms with Gasteiger partial charge in [0.2, 0.25) is 6.79 Å². The van der Waals surface area contributed by atoms with Gasteiger partial charge in [-0.05, 0) is 61.6 Å². The van der Waals surface area contributed by atoms with Crippen molar-refractivity contribution in [2.75, 3.05) is 13.9 Å². The summed E-state index contributed by atoms with van der Waals surface area (Å²) in [4.78, 5) is 21.1. The molecule has 0 heterocycles. The second kappa shape index (κ2) is 7.06. The highest BCUT2D eigenvalue weighted by atomic mass is 127. The Kier molecular flexibility index (Phi) is 6.02. The maximum atomic E-state index is 12.0. The Morgan fingerprint density at radius 2 is 2.00 bits per heavy atom. The summed E-state index contributed by atoms with van der Waals surface area (Å²) in [7, 11) is 1.38. The quantitative estimate of drug-likeness (QED) is 0.196. The summed E-state index contributed by atoms with van der Waals surface area (Å²) >= 11 is 2.13. The van der Waals surface area contributed by atoms with Gasteiger partial charge in [0.25, 0.3) is 0 Å². The molecule has 0 saturated heterocycles. The van der Waals surface area contributed by atoms with E-state index in [2.05, 4.69) is 32.4 Å². The molecule has 0 amide bonds. The van der Waals surface area contributed by atoms with E-state index in [1.807, 2.05) is 26.8 Å². The maximum Gasteiger partial charge on any atom is 0.342 e. The predicted octanol–water partition coefficient (Wildman–Crippen LogP) is 3.16. The third-order valence-corrected chi connectivity index (χ3v) is 2.61. The lowest BCUT2D eigenvalue weighted by Crippen LogP contribution is -2.24. The van der Waals surface area contributed by atoms with Crippen molar-refractivity contribution in [3.05, 3.63) is 27.3 Å². The van der Waals surface area contributed by atoms with Gasteiger partial charge in [0.1, 0.15) is 16.9 Å². The number of ether oxygens (including phenoxy) is 2. The summed E-state index contributed by atoms with van der Waals surface area (Å²) < 4.78 is 11.6. The smallest absolute Gasteiger partial charge is 0.342 e. The predicted molar refractivity (Wildman–Crippen MR) is 77.9 cm³/mol. The van der Waals surface area contributed by atoms with Crippen molar-refractivity contribution < 1.29 is 24.0 Å². The third kappa shape index (κ3) is 5.75. The lowest BCUT2D eigenvalue weighted by atomic mass is 10.1. The van der Waals surface area contributed by atoms with E-state index >= 15 is 0 Å². The first-order chi connectivity index (χ1) is 8.83. The van der Waals surface area contributed by atoms with Crippen molar-refractivity contribution in [3.8, 4) is 5.75 Å². The van der Waals surface area contributed by atoms with Gasteiger partial charge in [-0.15, -0.1) is 0 Å². The molecule has 0 aliphatic carbocycles. The van der Waals surface area contributed by atoms with Crippen LogP contribution in [0.5, 0.6) is 5.75 Å². The van der Waals surface area contributed by atoms with Crippen molar-refractivity contribution in [2.24, 2.45) is 0 Å². The molecule has 0 aliphatic rings. The minimum atomic E-state index is -0.555. The van der Waals surface area contributed by atoms with Crippen LogP contribution >= 0.6 is 22.6 Å². The van der Waals surface area contributed by atoms with Crippen LogP contribution in [0.25, 0.3) is 0 Å². The molecule has 1 aromatic carbocycles. The van der Waals surface area contributed by atoms with Crippen molar-refractivity contribution in [3.63, 3.8) is 0 Å². The Bertz CT molecular complexity index is 439. The Balaban J connectivity index is 2.89. The van der Waals surface area contributed by atoms with E-state index in [4.69, 9.17) is 9.47 Å². The molecule has 19 heavy (non-hydrogen) atoms. The Morgan fingerprint density at radius 1 is 1.32 bits per heavy atom. The summed E-state index contributed by atoms with van der Waals surface area (Å²) in [5.41, 5.74) is -0.199. The molecule has 0 atom stereocenters. The number of halogens is 1. The molecule has 0 unspecified atom stereocenters. The van der Waals surface area contributed by atoms with Gasteiger partial charge in [0.15, 0.2) is 0 Å². The van der Waals surface area contributed by atoms with E-state index in [0.717, 1.165) is 3.57 Å². The maximum absolute atomic E-state index is 12.0. The minimum Gasteiger partial charge on any atom is -0.464 e. The van der Waals surface area contributed by atoms with Gasteiger partial charge in [-0.25, -0.2) is 9.68 Å². The molecule has 106 valence electrons. The molecule has 0 radical (unpaired) electrons. The van der Waals surface area contributed by atoms with Crippen LogP contribution in [0.3, 0.4) is 0 Å². The summed E-state index contributed by atoms with van der Waals surface area (Å²) in [6, 6.07) is 5.21. The zero-order chi connectivity index (χ0) is 14.5. The molecule has 0 N–H and O–H groups in total. The van der Waals surface area contributed by atoms with Crippen LogP contribution in [0.2, 0.25) is 0 Å². The van der Waals surface area contributed by atoms with Crippen molar-refractivity contribution in [1.82, 2.24) is 0 Å². The lowest BCUT2D eigenvalue weighted by molar-refractivity contribution is -0.303. The molecule has 1 rings (SSSR count). The highest BCUT2D eigenvalue weighted by molar-refractivity contribution is 14.1. The summed E-state index contributed by atoms with van der Waals surface area (Å²) in [5.74, 6) is -0.0329. The largest absolute Gasteiger partial charge is 0.464 e. The first kappa shape index (κ1) is 16.2. The fourth-order valence-electron chi connectivity index (χ4n) is 1.25. The number of esters is 1. The monoisotopic (exact) mass is 380 g/mol. The zero-order valence-electron chi connectivity index (χ0n) is 11.4. The van der Waals surface area contributed by atoms with Gasteiger partial charge in [0.05, 0.1) is 7.11 Å². The normalized spacial score (nSPS) is 11.2. The number of benzene rings is 1. The van der Waals surface area contributed by atoms with E-state index in [1.54, 1.807) is 12.1 Å². The Morgan fingerprint density at radius 3 is 2.58 bits per heavy atom. The van der Waals surface area contributed by atoms with E-state index in [1.165, 1.54) is 7.11 Å². The molecular weight excluding hydrogens is 363 g/mol. The highest BCUT2D eigenvalue weighted by Crippen LogP contribution is 2.24. The molecule has 0 bridgehead atoms. The Labute approximate surface area is 126 Å². The van der Waals surface area contributed by atoms with Gasteiger partial charge < -0.3 is 9.47 Å². The SMILES string of the molecule is COOCOc1cc(I)ccc1C(=O)OC(C)(C)C. The van der Waals surface area contributed by atoms with Gasteiger partial charge in [0, 0.05) is 3.57 Å². The van der Waals surface area contributed by atoms with Crippen LogP contribution in [0, 0.1) is 3.57 Å². The topological polar surface area (TPSA) is 54.0 Å². The average Bonchev–Trinajstić information content (AvgIpc) is 2.27. The standard InChI is InChI=1S/C13H17IO5/c1-13(2,3)19-12(15)10-6-5-9(14)7-11(10)17-8-18-16-4/h5-7H,8H2,1-4H3. The molecule has 5 nitrogen and oxygen atoms in total. The van der Waals surface area contributed by atoms with Crippen molar-refractivity contribution in [2.45, 2.75) is 26.4 Å². The number of carbonyl (C=O) groups is 1. The first-order valence-corrected chi connectivity index (χ1v) is 6.72. The fraction of sp³-hybridized carbons (Fsp3) is 0.462. The van der Waals surface area contributed by atoms with E-state index in [9.17, 15) is 4.79 Å². The molecule has 0 fully saturated rings. The number of rotatable bonds is 5. The van der Waals surface area contributed by atoms with Crippen LogP contribution in [0.15, 0.2) is 18.2 Å². The summed E-state index contributed by atoms with van der Waals surface area (Å²) in [5, 5.41) is 0.